The summed E-state index contributed by atoms with van der Waals surface area (Å²) in [5.74, 6) is -1.09. The predicted molar refractivity (Wildman–Crippen MR) is 73.9 cm³/mol. The minimum atomic E-state index is -4.05. The van der Waals surface area contributed by atoms with Crippen LogP contribution < -0.4 is 9.46 Å². The van der Waals surface area contributed by atoms with E-state index in [9.17, 15) is 18.3 Å². The van der Waals surface area contributed by atoms with Crippen molar-refractivity contribution in [2.24, 2.45) is 0 Å². The van der Waals surface area contributed by atoms with Gasteiger partial charge in [0.15, 0.2) is 5.54 Å². The summed E-state index contributed by atoms with van der Waals surface area (Å²) in [4.78, 5) is 11.3. The molecule has 1 aromatic carbocycles. The van der Waals surface area contributed by atoms with Gasteiger partial charge < -0.3 is 14.6 Å². The van der Waals surface area contributed by atoms with Crippen LogP contribution in [0.1, 0.15) is 12.0 Å². The molecule has 0 aromatic heterocycles. The molecular weight excluding hydrogens is 298 g/mol. The minimum Gasteiger partial charge on any atom is -0.495 e. The third kappa shape index (κ3) is 3.02. The zero-order valence-corrected chi connectivity index (χ0v) is 12.6. The molecule has 8 heteroatoms. The molecule has 116 valence electrons. The maximum atomic E-state index is 12.5. The van der Waals surface area contributed by atoms with Gasteiger partial charge in [-0.2, -0.15) is 4.72 Å². The zero-order valence-electron chi connectivity index (χ0n) is 11.8. The van der Waals surface area contributed by atoms with E-state index < -0.39 is 21.5 Å². The molecule has 2 N–H and O–H groups in total. The molecular formula is C13H17NO6S. The topological polar surface area (TPSA) is 102 Å². The molecule has 7 nitrogen and oxygen atoms in total. The van der Waals surface area contributed by atoms with Gasteiger partial charge in [0.2, 0.25) is 10.0 Å². The first-order chi connectivity index (χ1) is 9.81. The first kappa shape index (κ1) is 15.7. The van der Waals surface area contributed by atoms with E-state index in [-0.39, 0.29) is 30.3 Å². The van der Waals surface area contributed by atoms with E-state index in [0.29, 0.717) is 0 Å². The molecule has 1 atom stereocenters. The average Bonchev–Trinajstić information content (AvgIpc) is 2.88. The number of aryl methyl sites for hydroxylation is 1. The van der Waals surface area contributed by atoms with E-state index in [1.54, 1.807) is 13.0 Å². The minimum absolute atomic E-state index is 0.0791. The van der Waals surface area contributed by atoms with Crippen molar-refractivity contribution in [1.29, 1.82) is 0 Å². The lowest BCUT2D eigenvalue weighted by Crippen LogP contribution is -2.55. The summed E-state index contributed by atoms with van der Waals surface area (Å²) in [6.45, 7) is 1.74. The third-order valence-corrected chi connectivity index (χ3v) is 4.93. The van der Waals surface area contributed by atoms with Gasteiger partial charge in [0.1, 0.15) is 10.6 Å². The molecule has 1 fully saturated rings. The van der Waals surface area contributed by atoms with Crippen LogP contribution in [0.4, 0.5) is 0 Å². The Morgan fingerprint density at radius 3 is 2.71 bits per heavy atom. The Morgan fingerprint density at radius 2 is 2.19 bits per heavy atom. The fourth-order valence-electron chi connectivity index (χ4n) is 2.16. The van der Waals surface area contributed by atoms with Crippen LogP contribution in [0.25, 0.3) is 0 Å². The van der Waals surface area contributed by atoms with E-state index in [0.717, 1.165) is 5.56 Å². The summed E-state index contributed by atoms with van der Waals surface area (Å²) in [6, 6.07) is 4.68. The monoisotopic (exact) mass is 315 g/mol. The SMILES string of the molecule is COc1ccc(C)cc1S(=O)(=O)NC1(C(=O)O)CCOC1. The Kier molecular flexibility index (Phi) is 4.22. The fourth-order valence-corrected chi connectivity index (χ4v) is 3.79. The molecule has 0 aliphatic carbocycles. The Balaban J connectivity index is 2.43. The Morgan fingerprint density at radius 1 is 1.48 bits per heavy atom. The van der Waals surface area contributed by atoms with Crippen molar-refractivity contribution < 1.29 is 27.8 Å². The smallest absolute Gasteiger partial charge is 0.327 e. The predicted octanol–water partition coefficient (Wildman–Crippen LogP) is 0.526. The molecule has 1 aliphatic heterocycles. The van der Waals surface area contributed by atoms with Gasteiger partial charge in [-0.05, 0) is 24.6 Å². The van der Waals surface area contributed by atoms with Gasteiger partial charge in [-0.25, -0.2) is 8.42 Å². The summed E-state index contributed by atoms with van der Waals surface area (Å²) < 4.78 is 37.4. The number of ether oxygens (including phenoxy) is 2. The van der Waals surface area contributed by atoms with Crippen LogP contribution in [0.3, 0.4) is 0 Å². The summed E-state index contributed by atoms with van der Waals surface area (Å²) in [5, 5.41) is 9.32. The number of hydrogen-bond donors (Lipinski definition) is 2. The summed E-state index contributed by atoms with van der Waals surface area (Å²) in [6.07, 6.45) is 0.0791. The Labute approximate surface area is 122 Å². The number of hydrogen-bond acceptors (Lipinski definition) is 5. The first-order valence-electron chi connectivity index (χ1n) is 6.30. The Bertz CT molecular complexity index is 649. The van der Waals surface area contributed by atoms with Crippen LogP contribution in [0.15, 0.2) is 23.1 Å². The largest absolute Gasteiger partial charge is 0.495 e. The van der Waals surface area contributed by atoms with Gasteiger partial charge in [-0.1, -0.05) is 6.07 Å². The molecule has 1 aliphatic rings. The van der Waals surface area contributed by atoms with Gasteiger partial charge in [0.25, 0.3) is 0 Å². The molecule has 21 heavy (non-hydrogen) atoms. The van der Waals surface area contributed by atoms with E-state index in [2.05, 4.69) is 4.72 Å². The zero-order chi connectivity index (χ0) is 15.7. The highest BCUT2D eigenvalue weighted by Crippen LogP contribution is 2.28. The van der Waals surface area contributed by atoms with Crippen molar-refractivity contribution in [1.82, 2.24) is 4.72 Å². The molecule has 1 heterocycles. The summed E-state index contributed by atoms with van der Waals surface area (Å²) >= 11 is 0. The lowest BCUT2D eigenvalue weighted by molar-refractivity contribution is -0.144. The molecule has 2 rings (SSSR count). The molecule has 0 amide bonds. The molecule has 1 aromatic rings. The number of rotatable bonds is 5. The quantitative estimate of drug-likeness (QED) is 0.821. The maximum Gasteiger partial charge on any atom is 0.327 e. The van der Waals surface area contributed by atoms with Gasteiger partial charge in [-0.3, -0.25) is 4.79 Å². The second-order valence-electron chi connectivity index (χ2n) is 4.95. The highest BCUT2D eigenvalue weighted by atomic mass is 32.2. The highest BCUT2D eigenvalue weighted by Gasteiger charge is 2.46. The number of carboxylic acid groups (broad SMARTS) is 1. The van der Waals surface area contributed by atoms with Gasteiger partial charge in [0, 0.05) is 13.0 Å². The van der Waals surface area contributed by atoms with Crippen LogP contribution in [-0.2, 0) is 19.6 Å². The van der Waals surface area contributed by atoms with Gasteiger partial charge >= 0.3 is 5.97 Å². The first-order valence-corrected chi connectivity index (χ1v) is 7.79. The number of benzene rings is 1. The van der Waals surface area contributed by atoms with Crippen molar-refractivity contribution in [2.75, 3.05) is 20.3 Å². The highest BCUT2D eigenvalue weighted by molar-refractivity contribution is 7.89. The fraction of sp³-hybridized carbons (Fsp3) is 0.462. The van der Waals surface area contributed by atoms with Gasteiger partial charge in [0.05, 0.1) is 13.7 Å². The molecule has 0 spiro atoms. The van der Waals surface area contributed by atoms with Crippen molar-refractivity contribution in [2.45, 2.75) is 23.8 Å². The second kappa shape index (κ2) is 5.63. The van der Waals surface area contributed by atoms with E-state index in [1.807, 2.05) is 0 Å². The lowest BCUT2D eigenvalue weighted by Gasteiger charge is -2.24. The molecule has 1 saturated heterocycles. The average molecular weight is 315 g/mol. The second-order valence-corrected chi connectivity index (χ2v) is 6.60. The van der Waals surface area contributed by atoms with Crippen molar-refractivity contribution in [3.05, 3.63) is 23.8 Å². The van der Waals surface area contributed by atoms with Crippen LogP contribution in [-0.4, -0.2) is 45.4 Å². The molecule has 0 bridgehead atoms. The van der Waals surface area contributed by atoms with Crippen molar-refractivity contribution in [3.8, 4) is 5.75 Å². The number of aliphatic carboxylic acids is 1. The number of sulfonamides is 1. The van der Waals surface area contributed by atoms with Gasteiger partial charge in [-0.15, -0.1) is 0 Å². The van der Waals surface area contributed by atoms with E-state index in [4.69, 9.17) is 9.47 Å². The van der Waals surface area contributed by atoms with Crippen LogP contribution >= 0.6 is 0 Å². The van der Waals surface area contributed by atoms with Crippen LogP contribution in [0, 0.1) is 6.92 Å². The maximum absolute atomic E-state index is 12.5. The van der Waals surface area contributed by atoms with Crippen molar-refractivity contribution in [3.63, 3.8) is 0 Å². The molecule has 1 unspecified atom stereocenters. The number of nitrogens with one attached hydrogen (secondary N) is 1. The number of carboxylic acids is 1. The number of carbonyl (C=O) groups is 1. The Hall–Kier alpha value is -1.64. The molecule has 0 radical (unpaired) electrons. The van der Waals surface area contributed by atoms with Crippen molar-refractivity contribution >= 4 is 16.0 Å². The van der Waals surface area contributed by atoms with E-state index >= 15 is 0 Å². The number of methoxy groups -OCH3 is 1. The lowest BCUT2D eigenvalue weighted by atomic mass is 10.0. The van der Waals surface area contributed by atoms with Crippen LogP contribution in [0.5, 0.6) is 5.75 Å². The third-order valence-electron chi connectivity index (χ3n) is 3.37. The molecule has 0 saturated carbocycles. The standard InChI is InChI=1S/C13H17NO6S/c1-9-3-4-10(19-2)11(7-9)21(17,18)14-13(12(15)16)5-6-20-8-13/h3-4,7,14H,5-6,8H2,1-2H3,(H,15,16). The summed E-state index contributed by atoms with van der Waals surface area (Å²) in [7, 11) is -2.69. The van der Waals surface area contributed by atoms with Crippen LogP contribution in [0.2, 0.25) is 0 Å². The normalized spacial score (nSPS) is 22.2. The van der Waals surface area contributed by atoms with E-state index in [1.165, 1.54) is 19.2 Å². The summed E-state index contributed by atoms with van der Waals surface area (Å²) in [5.41, 5.74) is -0.906.